The largest absolute Gasteiger partial charge is 0.379 e. The lowest BCUT2D eigenvalue weighted by molar-refractivity contribution is 0.0374. The Bertz CT molecular complexity index is 299. The minimum absolute atomic E-state index is 0.375. The predicted molar refractivity (Wildman–Crippen MR) is 70.4 cm³/mol. The maximum atomic E-state index is 5.33. The third-order valence-corrected chi connectivity index (χ3v) is 3.99. The Morgan fingerprint density at radius 1 is 1.53 bits per heavy atom. The molecule has 1 aliphatic rings. The quantitative estimate of drug-likeness (QED) is 0.782. The number of thiazole rings is 1. The molecule has 0 aromatic carbocycles. The lowest BCUT2D eigenvalue weighted by atomic mass is 10.3. The zero-order chi connectivity index (χ0) is 11.9. The number of aromatic nitrogens is 1. The zero-order valence-corrected chi connectivity index (χ0v) is 11.2. The normalized spacial score (nSPS) is 19.4. The molecule has 4 nitrogen and oxygen atoms in total. The van der Waals surface area contributed by atoms with Crippen molar-refractivity contribution in [3.8, 4) is 0 Å². The molecule has 1 atom stereocenters. The van der Waals surface area contributed by atoms with Gasteiger partial charge in [-0.1, -0.05) is 0 Å². The van der Waals surface area contributed by atoms with Gasteiger partial charge in [0.1, 0.15) is 5.01 Å². The highest BCUT2D eigenvalue weighted by Crippen LogP contribution is 2.14. The Kier molecular flexibility index (Phi) is 5.38. The molecule has 1 aliphatic heterocycles. The van der Waals surface area contributed by atoms with Crippen LogP contribution in [0.5, 0.6) is 0 Å². The highest BCUT2D eigenvalue weighted by atomic mass is 32.1. The molecule has 96 valence electrons. The molecular formula is C12H21N3OS. The van der Waals surface area contributed by atoms with Gasteiger partial charge in [-0.2, -0.15) is 0 Å². The van der Waals surface area contributed by atoms with Crippen LogP contribution < -0.4 is 5.32 Å². The van der Waals surface area contributed by atoms with Crippen LogP contribution in [-0.2, 0) is 4.74 Å². The van der Waals surface area contributed by atoms with Crippen molar-refractivity contribution in [3.05, 3.63) is 16.6 Å². The molecule has 2 rings (SSSR count). The van der Waals surface area contributed by atoms with Gasteiger partial charge in [-0.15, -0.1) is 11.3 Å². The lowest BCUT2D eigenvalue weighted by Crippen LogP contribution is -2.37. The van der Waals surface area contributed by atoms with E-state index >= 15 is 0 Å². The summed E-state index contributed by atoms with van der Waals surface area (Å²) < 4.78 is 5.33. The van der Waals surface area contributed by atoms with Gasteiger partial charge in [0.2, 0.25) is 0 Å². The van der Waals surface area contributed by atoms with Crippen LogP contribution in [0, 0.1) is 0 Å². The van der Waals surface area contributed by atoms with Crippen molar-refractivity contribution in [2.45, 2.75) is 19.4 Å². The Balaban J connectivity index is 1.56. The minimum Gasteiger partial charge on any atom is -0.379 e. The summed E-state index contributed by atoms with van der Waals surface area (Å²) in [5, 5.41) is 6.72. The summed E-state index contributed by atoms with van der Waals surface area (Å²) in [6, 6.07) is 0.375. The van der Waals surface area contributed by atoms with Crippen LogP contribution in [-0.4, -0.2) is 49.3 Å². The Labute approximate surface area is 107 Å². The number of morpholine rings is 1. The van der Waals surface area contributed by atoms with Gasteiger partial charge in [-0.05, 0) is 26.4 Å². The Hall–Kier alpha value is -0.490. The standard InChI is InChI=1S/C12H21N3OS/c1-11(12-14-4-10-17-12)13-3-2-5-15-6-8-16-9-7-15/h4,10-11,13H,2-3,5-9H2,1H3. The first-order chi connectivity index (χ1) is 8.36. The van der Waals surface area contributed by atoms with Gasteiger partial charge in [0.15, 0.2) is 0 Å². The maximum absolute atomic E-state index is 5.33. The zero-order valence-electron chi connectivity index (χ0n) is 10.4. The second-order valence-corrected chi connectivity index (χ2v) is 5.28. The van der Waals surface area contributed by atoms with Crippen LogP contribution in [0.15, 0.2) is 11.6 Å². The van der Waals surface area contributed by atoms with Gasteiger partial charge in [-0.25, -0.2) is 4.98 Å². The molecule has 0 saturated carbocycles. The van der Waals surface area contributed by atoms with Crippen LogP contribution in [0.2, 0.25) is 0 Å². The van der Waals surface area contributed by atoms with E-state index in [9.17, 15) is 0 Å². The van der Waals surface area contributed by atoms with E-state index in [-0.39, 0.29) is 0 Å². The van der Waals surface area contributed by atoms with Crippen molar-refractivity contribution in [1.29, 1.82) is 0 Å². The molecule has 0 radical (unpaired) electrons. The summed E-state index contributed by atoms with van der Waals surface area (Å²) in [5.41, 5.74) is 0. The summed E-state index contributed by atoms with van der Waals surface area (Å²) in [4.78, 5) is 6.79. The molecule has 0 spiro atoms. The summed E-state index contributed by atoms with van der Waals surface area (Å²) >= 11 is 1.72. The van der Waals surface area contributed by atoms with Crippen molar-refractivity contribution >= 4 is 11.3 Å². The number of hydrogen-bond acceptors (Lipinski definition) is 5. The third-order valence-electron chi connectivity index (χ3n) is 3.03. The molecule has 17 heavy (non-hydrogen) atoms. The topological polar surface area (TPSA) is 37.4 Å². The average molecular weight is 255 g/mol. The molecule has 2 heterocycles. The first kappa shape index (κ1) is 13.0. The monoisotopic (exact) mass is 255 g/mol. The van der Waals surface area contributed by atoms with Gasteiger partial charge in [0.05, 0.1) is 19.3 Å². The van der Waals surface area contributed by atoms with Gasteiger partial charge in [0, 0.05) is 24.7 Å². The second kappa shape index (κ2) is 7.06. The van der Waals surface area contributed by atoms with E-state index < -0.39 is 0 Å². The van der Waals surface area contributed by atoms with Crippen molar-refractivity contribution in [3.63, 3.8) is 0 Å². The summed E-state index contributed by atoms with van der Waals surface area (Å²) in [5.74, 6) is 0. The van der Waals surface area contributed by atoms with E-state index in [0.29, 0.717) is 6.04 Å². The maximum Gasteiger partial charge on any atom is 0.109 e. The molecular weight excluding hydrogens is 234 g/mol. The molecule has 0 amide bonds. The van der Waals surface area contributed by atoms with Gasteiger partial charge < -0.3 is 10.1 Å². The Morgan fingerprint density at radius 2 is 2.35 bits per heavy atom. The highest BCUT2D eigenvalue weighted by molar-refractivity contribution is 7.09. The van der Waals surface area contributed by atoms with E-state index in [0.717, 1.165) is 32.8 Å². The van der Waals surface area contributed by atoms with E-state index in [2.05, 4.69) is 22.1 Å². The molecule has 5 heteroatoms. The van der Waals surface area contributed by atoms with E-state index in [1.807, 2.05) is 11.6 Å². The van der Waals surface area contributed by atoms with Gasteiger partial charge >= 0.3 is 0 Å². The predicted octanol–water partition coefficient (Wildman–Crippen LogP) is 1.52. The van der Waals surface area contributed by atoms with Crippen molar-refractivity contribution in [2.24, 2.45) is 0 Å². The second-order valence-electron chi connectivity index (χ2n) is 4.35. The van der Waals surface area contributed by atoms with E-state index in [4.69, 9.17) is 4.74 Å². The minimum atomic E-state index is 0.375. The summed E-state index contributed by atoms with van der Waals surface area (Å²) in [7, 11) is 0. The van der Waals surface area contributed by atoms with E-state index in [1.54, 1.807) is 11.3 Å². The molecule has 1 N–H and O–H groups in total. The first-order valence-corrected chi connectivity index (χ1v) is 7.17. The van der Waals surface area contributed by atoms with Crippen LogP contribution in [0.3, 0.4) is 0 Å². The number of nitrogens with one attached hydrogen (secondary N) is 1. The molecule has 1 aromatic heterocycles. The lowest BCUT2D eigenvalue weighted by Gasteiger charge is -2.26. The summed E-state index contributed by atoms with van der Waals surface area (Å²) in [6.07, 6.45) is 3.06. The van der Waals surface area contributed by atoms with Crippen molar-refractivity contribution < 1.29 is 4.74 Å². The fourth-order valence-corrected chi connectivity index (χ4v) is 2.65. The number of nitrogens with zero attached hydrogens (tertiary/aromatic N) is 2. The van der Waals surface area contributed by atoms with Gasteiger partial charge in [0.25, 0.3) is 0 Å². The number of ether oxygens (including phenoxy) is 1. The molecule has 1 aromatic rings. The van der Waals surface area contributed by atoms with Crippen LogP contribution in [0.25, 0.3) is 0 Å². The smallest absolute Gasteiger partial charge is 0.109 e. The van der Waals surface area contributed by atoms with Crippen LogP contribution in [0.4, 0.5) is 0 Å². The molecule has 1 saturated heterocycles. The Morgan fingerprint density at radius 3 is 3.06 bits per heavy atom. The van der Waals surface area contributed by atoms with E-state index in [1.165, 1.54) is 18.0 Å². The molecule has 0 bridgehead atoms. The van der Waals surface area contributed by atoms with Crippen molar-refractivity contribution in [1.82, 2.24) is 15.2 Å². The molecule has 1 unspecified atom stereocenters. The molecule has 0 aliphatic carbocycles. The van der Waals surface area contributed by atoms with Crippen LogP contribution in [0.1, 0.15) is 24.4 Å². The number of hydrogen-bond donors (Lipinski definition) is 1. The fourth-order valence-electron chi connectivity index (χ4n) is 1.98. The van der Waals surface area contributed by atoms with Crippen LogP contribution >= 0.6 is 11.3 Å². The molecule has 1 fully saturated rings. The highest BCUT2D eigenvalue weighted by Gasteiger charge is 2.10. The van der Waals surface area contributed by atoms with Gasteiger partial charge in [-0.3, -0.25) is 4.90 Å². The third kappa shape index (κ3) is 4.35. The first-order valence-electron chi connectivity index (χ1n) is 6.29. The van der Waals surface area contributed by atoms with Crippen molar-refractivity contribution in [2.75, 3.05) is 39.4 Å². The number of rotatable bonds is 6. The fraction of sp³-hybridized carbons (Fsp3) is 0.750. The SMILES string of the molecule is CC(NCCCN1CCOCC1)c1nccs1. The average Bonchev–Trinajstić information content (AvgIpc) is 2.89. The summed E-state index contributed by atoms with van der Waals surface area (Å²) in [6.45, 7) is 8.35.